The van der Waals surface area contributed by atoms with Crippen LogP contribution >= 0.6 is 11.8 Å². The van der Waals surface area contributed by atoms with Crippen molar-refractivity contribution in [1.82, 2.24) is 20.1 Å². The van der Waals surface area contributed by atoms with Gasteiger partial charge in [0.25, 0.3) is 0 Å². The van der Waals surface area contributed by atoms with Gasteiger partial charge in [-0.3, -0.25) is 9.36 Å². The number of carbonyl (C=O) groups excluding carboxylic acids is 1. The van der Waals surface area contributed by atoms with Gasteiger partial charge in [0.05, 0.1) is 18.4 Å². The highest BCUT2D eigenvalue weighted by Gasteiger charge is 2.42. The molecular formula is C24H31FN4O2S. The summed E-state index contributed by atoms with van der Waals surface area (Å²) in [5, 5.41) is 12.7. The van der Waals surface area contributed by atoms with Gasteiger partial charge < -0.3 is 10.1 Å². The predicted molar refractivity (Wildman–Crippen MR) is 122 cm³/mol. The van der Waals surface area contributed by atoms with E-state index in [4.69, 9.17) is 4.74 Å². The van der Waals surface area contributed by atoms with Crippen LogP contribution < -0.4 is 5.32 Å². The number of halogens is 1. The number of hydrogen-bond donors (Lipinski definition) is 1. The first-order valence-corrected chi connectivity index (χ1v) is 12.8. The fourth-order valence-corrected chi connectivity index (χ4v) is 6.56. The molecule has 3 fully saturated rings. The molecule has 1 saturated heterocycles. The lowest BCUT2D eigenvalue weighted by Gasteiger charge is -2.28. The van der Waals surface area contributed by atoms with Crippen LogP contribution in [0.2, 0.25) is 0 Å². The average Bonchev–Trinajstić information content (AvgIpc) is 3.59. The molecule has 2 aromatic rings. The van der Waals surface area contributed by atoms with Gasteiger partial charge in [-0.15, -0.1) is 10.2 Å². The van der Waals surface area contributed by atoms with Crippen LogP contribution in [0.25, 0.3) is 11.4 Å². The summed E-state index contributed by atoms with van der Waals surface area (Å²) >= 11 is 1.40. The van der Waals surface area contributed by atoms with Crippen molar-refractivity contribution in [3.8, 4) is 11.4 Å². The average molecular weight is 459 g/mol. The number of fused-ring (bicyclic) bond motifs is 2. The van der Waals surface area contributed by atoms with Crippen LogP contribution in [0.1, 0.15) is 45.4 Å². The minimum atomic E-state index is -0.283. The number of ether oxygens (including phenoxy) is 1. The summed E-state index contributed by atoms with van der Waals surface area (Å²) in [5.41, 5.74) is 0.804. The van der Waals surface area contributed by atoms with E-state index in [2.05, 4.69) is 22.4 Å². The Labute approximate surface area is 192 Å². The highest BCUT2D eigenvalue weighted by atomic mass is 32.2. The zero-order chi connectivity index (χ0) is 22.1. The molecule has 1 aromatic heterocycles. The molecule has 5 rings (SSSR count). The fraction of sp³-hybridized carbons (Fsp3) is 0.625. The van der Waals surface area contributed by atoms with Gasteiger partial charge in [0, 0.05) is 18.2 Å². The lowest BCUT2D eigenvalue weighted by Crippen LogP contribution is -2.41. The van der Waals surface area contributed by atoms with E-state index in [0.717, 1.165) is 36.8 Å². The predicted octanol–water partition coefficient (Wildman–Crippen LogP) is 4.30. The van der Waals surface area contributed by atoms with E-state index >= 15 is 0 Å². The lowest BCUT2D eigenvalue weighted by atomic mass is 9.84. The molecule has 8 heteroatoms. The molecule has 1 aromatic carbocycles. The van der Waals surface area contributed by atoms with Crippen LogP contribution in [0.5, 0.6) is 0 Å². The fourth-order valence-electron chi connectivity index (χ4n) is 5.80. The summed E-state index contributed by atoms with van der Waals surface area (Å²) in [7, 11) is 0. The molecule has 0 radical (unpaired) electrons. The van der Waals surface area contributed by atoms with Crippen LogP contribution in [0, 0.1) is 23.6 Å². The number of benzene rings is 1. The zero-order valence-electron chi connectivity index (χ0n) is 18.5. The molecule has 6 nitrogen and oxygen atoms in total. The van der Waals surface area contributed by atoms with E-state index in [1.165, 1.54) is 49.6 Å². The minimum absolute atomic E-state index is 0.0419. The number of aromatic nitrogens is 3. The van der Waals surface area contributed by atoms with Gasteiger partial charge in [-0.2, -0.15) is 0 Å². The largest absolute Gasteiger partial charge is 0.376 e. The maximum Gasteiger partial charge on any atom is 0.230 e. The molecule has 1 aliphatic heterocycles. The van der Waals surface area contributed by atoms with Crippen molar-refractivity contribution in [2.75, 3.05) is 12.4 Å². The van der Waals surface area contributed by atoms with Crippen molar-refractivity contribution in [2.24, 2.45) is 17.8 Å². The Bertz CT molecular complexity index is 944. The molecule has 3 aliphatic rings. The SMILES string of the molecule is C[C@@H](NC(=O)CSc1nnc(-c2ccc(F)cc2)n1C[C@@H]1CCCO1)[C@H]1C[C@@H]2CC[C@@H]1C2. The molecule has 1 N–H and O–H groups in total. The Hall–Kier alpha value is -1.93. The van der Waals surface area contributed by atoms with Crippen molar-refractivity contribution in [3.63, 3.8) is 0 Å². The van der Waals surface area contributed by atoms with Crippen molar-refractivity contribution in [2.45, 2.75) is 69.3 Å². The summed E-state index contributed by atoms with van der Waals surface area (Å²) in [6.07, 6.45) is 7.44. The second kappa shape index (κ2) is 9.51. The van der Waals surface area contributed by atoms with E-state index in [0.29, 0.717) is 29.2 Å². The molecule has 2 heterocycles. The Morgan fingerprint density at radius 2 is 2.09 bits per heavy atom. The Morgan fingerprint density at radius 3 is 2.78 bits per heavy atom. The number of amides is 1. The lowest BCUT2D eigenvalue weighted by molar-refractivity contribution is -0.119. The second-order valence-electron chi connectivity index (χ2n) is 9.54. The van der Waals surface area contributed by atoms with Gasteiger partial charge in [-0.1, -0.05) is 18.2 Å². The summed E-state index contributed by atoms with van der Waals surface area (Å²) in [5.74, 6) is 3.03. The molecule has 172 valence electrons. The summed E-state index contributed by atoms with van der Waals surface area (Å²) in [6, 6.07) is 6.50. The second-order valence-corrected chi connectivity index (χ2v) is 10.5. The molecule has 2 bridgehead atoms. The van der Waals surface area contributed by atoms with Crippen molar-refractivity contribution >= 4 is 17.7 Å². The third-order valence-electron chi connectivity index (χ3n) is 7.39. The van der Waals surface area contributed by atoms with Crippen molar-refractivity contribution < 1.29 is 13.9 Å². The van der Waals surface area contributed by atoms with Crippen LogP contribution in [0.4, 0.5) is 4.39 Å². The normalized spacial score (nSPS) is 27.7. The number of rotatable bonds is 8. The molecule has 2 saturated carbocycles. The summed E-state index contributed by atoms with van der Waals surface area (Å²) in [4.78, 5) is 12.7. The third-order valence-corrected chi connectivity index (χ3v) is 8.35. The van der Waals surface area contributed by atoms with E-state index in [9.17, 15) is 9.18 Å². The number of nitrogens with zero attached hydrogens (tertiary/aromatic N) is 3. The van der Waals surface area contributed by atoms with Crippen molar-refractivity contribution in [1.29, 1.82) is 0 Å². The van der Waals surface area contributed by atoms with Gasteiger partial charge in [0.2, 0.25) is 5.91 Å². The van der Waals surface area contributed by atoms with Crippen LogP contribution in [0.15, 0.2) is 29.4 Å². The van der Waals surface area contributed by atoms with E-state index in [1.807, 2.05) is 4.57 Å². The van der Waals surface area contributed by atoms with Crippen LogP contribution in [0.3, 0.4) is 0 Å². The van der Waals surface area contributed by atoms with E-state index in [-0.39, 0.29) is 23.9 Å². The number of nitrogens with one attached hydrogen (secondary N) is 1. The number of thioether (sulfide) groups is 1. The van der Waals surface area contributed by atoms with E-state index < -0.39 is 0 Å². The molecule has 32 heavy (non-hydrogen) atoms. The standard InChI is InChI=1S/C24H31FN4O2S/c1-15(21-12-16-4-5-18(21)11-16)26-22(30)14-32-24-28-27-23(17-6-8-19(25)9-7-17)29(24)13-20-3-2-10-31-20/h6-9,15-16,18,20-21H,2-5,10-14H2,1H3,(H,26,30)/t15-,16-,18-,20+,21-/m1/s1. The van der Waals surface area contributed by atoms with Gasteiger partial charge >= 0.3 is 0 Å². The monoisotopic (exact) mass is 458 g/mol. The van der Waals surface area contributed by atoms with Crippen molar-refractivity contribution in [3.05, 3.63) is 30.1 Å². The van der Waals surface area contributed by atoms with Gasteiger partial charge in [-0.05, 0) is 81.0 Å². The molecule has 1 amide bonds. The van der Waals surface area contributed by atoms with Crippen LogP contribution in [-0.4, -0.2) is 45.2 Å². The number of carbonyl (C=O) groups is 1. The molecule has 5 atom stereocenters. The highest BCUT2D eigenvalue weighted by Crippen LogP contribution is 2.49. The quantitative estimate of drug-likeness (QED) is 0.598. The first-order valence-electron chi connectivity index (χ1n) is 11.8. The van der Waals surface area contributed by atoms with Crippen LogP contribution in [-0.2, 0) is 16.1 Å². The maximum absolute atomic E-state index is 13.4. The Kier molecular flexibility index (Phi) is 6.51. The first-order chi connectivity index (χ1) is 15.6. The summed E-state index contributed by atoms with van der Waals surface area (Å²) < 4.78 is 21.2. The topological polar surface area (TPSA) is 69.0 Å². The smallest absolute Gasteiger partial charge is 0.230 e. The molecular weight excluding hydrogens is 427 g/mol. The van der Waals surface area contributed by atoms with E-state index in [1.54, 1.807) is 12.1 Å². The zero-order valence-corrected chi connectivity index (χ0v) is 19.3. The molecule has 0 unspecified atom stereocenters. The minimum Gasteiger partial charge on any atom is -0.376 e. The van der Waals surface area contributed by atoms with Gasteiger partial charge in [-0.25, -0.2) is 4.39 Å². The molecule has 0 spiro atoms. The maximum atomic E-state index is 13.4. The molecule has 2 aliphatic carbocycles. The number of hydrogen-bond acceptors (Lipinski definition) is 5. The van der Waals surface area contributed by atoms with Gasteiger partial charge in [0.1, 0.15) is 5.82 Å². The highest BCUT2D eigenvalue weighted by molar-refractivity contribution is 7.99. The Balaban J connectivity index is 1.25. The third kappa shape index (κ3) is 4.71. The summed E-state index contributed by atoms with van der Waals surface area (Å²) in [6.45, 7) is 3.55. The van der Waals surface area contributed by atoms with Gasteiger partial charge in [0.15, 0.2) is 11.0 Å². The Morgan fingerprint density at radius 1 is 1.25 bits per heavy atom. The first kappa shape index (κ1) is 21.9.